The van der Waals surface area contributed by atoms with Crippen LogP contribution in [0.15, 0.2) is 160 Å². The topological polar surface area (TPSA) is 48.8 Å². The van der Waals surface area contributed by atoms with Gasteiger partial charge in [0.05, 0.1) is 27.8 Å². The summed E-state index contributed by atoms with van der Waals surface area (Å²) in [6, 6.07) is 51.1. The first-order chi connectivity index (χ1) is 23.8. The summed E-state index contributed by atoms with van der Waals surface area (Å²) in [4.78, 5) is 12.8. The lowest BCUT2D eigenvalue weighted by Crippen LogP contribution is -2.05. The van der Waals surface area contributed by atoms with E-state index in [9.17, 15) is 0 Å². The van der Waals surface area contributed by atoms with Crippen LogP contribution in [0.3, 0.4) is 0 Å². The molecule has 1 aliphatic heterocycles. The molecule has 6 aromatic carbocycles. The van der Waals surface area contributed by atoms with E-state index in [1.807, 2.05) is 48.2 Å². The molecule has 11 rings (SSSR count). The van der Waals surface area contributed by atoms with Crippen molar-refractivity contribution in [2.24, 2.45) is 0 Å². The van der Waals surface area contributed by atoms with Crippen LogP contribution < -0.4 is 0 Å². The summed E-state index contributed by atoms with van der Waals surface area (Å²) in [7, 11) is 0. The van der Waals surface area contributed by atoms with Crippen molar-refractivity contribution in [3.8, 4) is 34.0 Å². The van der Waals surface area contributed by atoms with Crippen LogP contribution in [0.4, 0.5) is 0 Å². The predicted octanol–water partition coefficient (Wildman–Crippen LogP) is 11.2. The normalized spacial score (nSPS) is 12.5. The fraction of sp³-hybridized carbons (Fsp3) is 0. The highest BCUT2D eigenvalue weighted by molar-refractivity contribution is 7.99. The Hall–Kier alpha value is -6.11. The molecule has 0 unspecified atom stereocenters. The molecular formula is C42H24N4OS. The summed E-state index contributed by atoms with van der Waals surface area (Å²) in [6.07, 6.45) is 0. The number of rotatable bonds is 3. The molecule has 48 heavy (non-hydrogen) atoms. The summed E-state index contributed by atoms with van der Waals surface area (Å²) in [6.45, 7) is 0. The molecule has 4 aromatic heterocycles. The van der Waals surface area contributed by atoms with E-state index in [4.69, 9.17) is 14.4 Å². The van der Waals surface area contributed by atoms with Crippen molar-refractivity contribution in [2.45, 2.75) is 9.79 Å². The van der Waals surface area contributed by atoms with E-state index in [0.29, 0.717) is 11.5 Å². The van der Waals surface area contributed by atoms with E-state index >= 15 is 0 Å². The Balaban J connectivity index is 1.21. The standard InChI is InChI=1S/C42H24N4OS/c1-2-12-25(13-3-1)38-37-29-17-5-8-21-33(29)47-41(37)44-40(43-38)26-14-10-15-27(24-26)45-31-19-6-4-16-28(31)36-30-18-11-23-35-39(30)46(42(36)45)32-20-7-9-22-34(32)48-35/h1-24H. The van der Waals surface area contributed by atoms with Gasteiger partial charge in [-0.05, 0) is 42.5 Å². The summed E-state index contributed by atoms with van der Waals surface area (Å²) in [5.74, 6) is 0.626. The fourth-order valence-corrected chi connectivity index (χ4v) is 8.62. The Kier molecular flexibility index (Phi) is 5.26. The smallest absolute Gasteiger partial charge is 0.231 e. The molecule has 0 saturated heterocycles. The molecule has 0 saturated carbocycles. The molecule has 5 heterocycles. The van der Waals surface area contributed by atoms with E-state index in [1.165, 1.54) is 37.2 Å². The highest BCUT2D eigenvalue weighted by Crippen LogP contribution is 2.49. The Bertz CT molecular complexity index is 2930. The number of aromatic nitrogens is 4. The van der Waals surface area contributed by atoms with Crippen LogP contribution in [0, 0.1) is 0 Å². The summed E-state index contributed by atoms with van der Waals surface area (Å²) < 4.78 is 11.2. The maximum atomic E-state index is 6.35. The summed E-state index contributed by atoms with van der Waals surface area (Å²) >= 11 is 1.85. The second-order valence-corrected chi connectivity index (χ2v) is 13.3. The lowest BCUT2D eigenvalue weighted by Gasteiger charge is -2.21. The lowest BCUT2D eigenvalue weighted by atomic mass is 10.1. The second kappa shape index (κ2) is 9.70. The molecule has 5 nitrogen and oxygen atoms in total. The number of nitrogens with zero attached hydrogens (tertiary/aromatic N) is 4. The van der Waals surface area contributed by atoms with Gasteiger partial charge in [0.15, 0.2) is 5.82 Å². The van der Waals surface area contributed by atoms with Gasteiger partial charge in [-0.15, -0.1) is 0 Å². The SMILES string of the molecule is c1ccc(-c2nc(-c3cccc(-n4c5ccccc5c5c6cccc7c6n(c54)-c4ccccc4S7)c3)nc3oc4ccccc4c23)cc1. The summed E-state index contributed by atoms with van der Waals surface area (Å²) in [5.41, 5.74) is 10.0. The third kappa shape index (κ3) is 3.52. The zero-order valence-corrected chi connectivity index (χ0v) is 26.3. The van der Waals surface area contributed by atoms with Crippen molar-refractivity contribution in [2.75, 3.05) is 0 Å². The minimum atomic E-state index is 0.586. The van der Waals surface area contributed by atoms with E-state index < -0.39 is 0 Å². The molecule has 0 fully saturated rings. The van der Waals surface area contributed by atoms with Crippen LogP contribution in [0.25, 0.3) is 88.9 Å². The molecule has 0 radical (unpaired) electrons. The summed E-state index contributed by atoms with van der Waals surface area (Å²) in [5, 5.41) is 5.70. The first-order valence-corrected chi connectivity index (χ1v) is 16.8. The number of benzene rings is 6. The van der Waals surface area contributed by atoms with Crippen molar-refractivity contribution >= 4 is 66.7 Å². The van der Waals surface area contributed by atoms with Gasteiger partial charge in [-0.1, -0.05) is 115 Å². The second-order valence-electron chi connectivity index (χ2n) is 12.2. The van der Waals surface area contributed by atoms with Gasteiger partial charge in [0, 0.05) is 48.2 Å². The first-order valence-electron chi connectivity index (χ1n) is 16.0. The monoisotopic (exact) mass is 632 g/mol. The van der Waals surface area contributed by atoms with Crippen LogP contribution in [0.5, 0.6) is 0 Å². The van der Waals surface area contributed by atoms with Gasteiger partial charge in [-0.25, -0.2) is 4.98 Å². The average Bonchev–Trinajstić information content (AvgIpc) is 3.80. The molecule has 1 aliphatic rings. The first kappa shape index (κ1) is 26.0. The van der Waals surface area contributed by atoms with Crippen molar-refractivity contribution in [1.82, 2.24) is 19.1 Å². The van der Waals surface area contributed by atoms with Crippen LogP contribution in [0.2, 0.25) is 0 Å². The van der Waals surface area contributed by atoms with Crippen LogP contribution in [0.1, 0.15) is 0 Å². The van der Waals surface area contributed by atoms with Gasteiger partial charge in [0.1, 0.15) is 11.2 Å². The highest BCUT2D eigenvalue weighted by atomic mass is 32.2. The molecule has 0 aliphatic carbocycles. The number of fused-ring (bicyclic) bond motifs is 10. The lowest BCUT2D eigenvalue weighted by molar-refractivity contribution is 0.653. The largest absolute Gasteiger partial charge is 0.438 e. The van der Waals surface area contributed by atoms with Gasteiger partial charge in [0.25, 0.3) is 0 Å². The number of hydrogen-bond acceptors (Lipinski definition) is 4. The Labute approximate surface area is 278 Å². The zero-order chi connectivity index (χ0) is 31.3. The Morgan fingerprint density at radius 2 is 1.27 bits per heavy atom. The third-order valence-electron chi connectivity index (χ3n) is 9.53. The quantitative estimate of drug-likeness (QED) is 0.194. The third-order valence-corrected chi connectivity index (χ3v) is 10.6. The molecule has 0 spiro atoms. The van der Waals surface area contributed by atoms with Gasteiger partial charge in [0.2, 0.25) is 5.71 Å². The average molecular weight is 633 g/mol. The van der Waals surface area contributed by atoms with Crippen molar-refractivity contribution in [3.05, 3.63) is 146 Å². The number of furan rings is 1. The highest BCUT2D eigenvalue weighted by Gasteiger charge is 2.28. The van der Waals surface area contributed by atoms with Crippen LogP contribution in [-0.4, -0.2) is 19.1 Å². The molecule has 0 bridgehead atoms. The van der Waals surface area contributed by atoms with Gasteiger partial charge < -0.3 is 4.42 Å². The molecule has 0 amide bonds. The van der Waals surface area contributed by atoms with Crippen molar-refractivity contribution < 1.29 is 4.42 Å². The fourth-order valence-electron chi connectivity index (χ4n) is 7.53. The van der Waals surface area contributed by atoms with Crippen LogP contribution in [-0.2, 0) is 0 Å². The van der Waals surface area contributed by atoms with Gasteiger partial charge >= 0.3 is 0 Å². The maximum absolute atomic E-state index is 6.35. The molecule has 10 aromatic rings. The van der Waals surface area contributed by atoms with E-state index in [-0.39, 0.29) is 0 Å². The number of hydrogen-bond donors (Lipinski definition) is 0. The molecule has 224 valence electrons. The number of para-hydroxylation sites is 4. The Morgan fingerprint density at radius 1 is 0.542 bits per heavy atom. The van der Waals surface area contributed by atoms with E-state index in [0.717, 1.165) is 50.0 Å². The predicted molar refractivity (Wildman–Crippen MR) is 195 cm³/mol. The Morgan fingerprint density at radius 3 is 2.21 bits per heavy atom. The molecule has 0 atom stereocenters. The van der Waals surface area contributed by atoms with Crippen LogP contribution >= 0.6 is 11.8 Å². The minimum absolute atomic E-state index is 0.586. The minimum Gasteiger partial charge on any atom is -0.438 e. The molecule has 6 heteroatoms. The van der Waals surface area contributed by atoms with Gasteiger partial charge in [-0.2, -0.15) is 4.98 Å². The maximum Gasteiger partial charge on any atom is 0.231 e. The molecule has 0 N–H and O–H groups in total. The van der Waals surface area contributed by atoms with Crippen molar-refractivity contribution in [1.29, 1.82) is 0 Å². The zero-order valence-electron chi connectivity index (χ0n) is 25.5. The van der Waals surface area contributed by atoms with Gasteiger partial charge in [-0.3, -0.25) is 9.13 Å². The van der Waals surface area contributed by atoms with E-state index in [1.54, 1.807) is 0 Å². The van der Waals surface area contributed by atoms with E-state index in [2.05, 4.69) is 118 Å². The molecular weight excluding hydrogens is 609 g/mol. The van der Waals surface area contributed by atoms with Crippen molar-refractivity contribution in [3.63, 3.8) is 0 Å².